The van der Waals surface area contributed by atoms with Gasteiger partial charge in [-0.15, -0.1) is 24.0 Å². The van der Waals surface area contributed by atoms with Crippen LogP contribution >= 0.6 is 24.0 Å². The lowest BCUT2D eigenvalue weighted by Gasteiger charge is -2.21. The molecule has 0 aliphatic rings. The van der Waals surface area contributed by atoms with Gasteiger partial charge in [-0.05, 0) is 44.0 Å². The Hall–Kier alpha value is -2.49. The van der Waals surface area contributed by atoms with E-state index in [9.17, 15) is 4.79 Å². The summed E-state index contributed by atoms with van der Waals surface area (Å²) in [6.07, 6.45) is 0. The van der Waals surface area contributed by atoms with Crippen molar-refractivity contribution in [2.24, 2.45) is 4.99 Å². The highest BCUT2D eigenvalue weighted by molar-refractivity contribution is 14.0. The molecule has 2 aromatic rings. The van der Waals surface area contributed by atoms with Crippen molar-refractivity contribution < 1.29 is 14.3 Å². The number of likely N-dealkylation sites (N-methyl/N-ethyl adjacent to an activating group) is 1. The van der Waals surface area contributed by atoms with Crippen LogP contribution in [0.15, 0.2) is 53.5 Å². The molecule has 0 heterocycles. The Balaban J connectivity index is 0.00000512. The van der Waals surface area contributed by atoms with Crippen LogP contribution in [-0.4, -0.2) is 50.6 Å². The van der Waals surface area contributed by atoms with Crippen molar-refractivity contribution in [2.45, 2.75) is 33.4 Å². The summed E-state index contributed by atoms with van der Waals surface area (Å²) in [5, 5.41) is 6.53. The maximum atomic E-state index is 12.0. The van der Waals surface area contributed by atoms with Gasteiger partial charge in [-0.1, -0.05) is 36.4 Å². The number of nitrogens with one attached hydrogen (secondary N) is 2. The van der Waals surface area contributed by atoms with Gasteiger partial charge in [-0.2, -0.15) is 0 Å². The SMILES string of the molecule is CCOc1ccc(C(C)NC(=NCc2ccccc2)NCC(=O)N(C)C)cc1OCC.I. The molecule has 7 nitrogen and oxygen atoms in total. The number of rotatable bonds is 10. The summed E-state index contributed by atoms with van der Waals surface area (Å²) in [6.45, 7) is 7.74. The maximum absolute atomic E-state index is 12.0. The quantitative estimate of drug-likeness (QED) is 0.264. The van der Waals surface area contributed by atoms with Crippen molar-refractivity contribution in [2.75, 3.05) is 33.9 Å². The summed E-state index contributed by atoms with van der Waals surface area (Å²) in [5.74, 6) is 1.99. The van der Waals surface area contributed by atoms with Crippen molar-refractivity contribution in [3.8, 4) is 11.5 Å². The van der Waals surface area contributed by atoms with Crippen molar-refractivity contribution >= 4 is 35.8 Å². The van der Waals surface area contributed by atoms with E-state index in [1.807, 2.05) is 69.3 Å². The first-order valence-electron chi connectivity index (χ1n) is 10.6. The lowest BCUT2D eigenvalue weighted by molar-refractivity contribution is -0.127. The van der Waals surface area contributed by atoms with Crippen LogP contribution in [0.4, 0.5) is 0 Å². The summed E-state index contributed by atoms with van der Waals surface area (Å²) in [4.78, 5) is 18.3. The van der Waals surface area contributed by atoms with E-state index in [-0.39, 0.29) is 42.5 Å². The van der Waals surface area contributed by atoms with Crippen LogP contribution in [0.2, 0.25) is 0 Å². The minimum atomic E-state index is -0.0636. The Bertz CT molecular complexity index is 860. The maximum Gasteiger partial charge on any atom is 0.241 e. The van der Waals surface area contributed by atoms with Gasteiger partial charge in [0.1, 0.15) is 0 Å². The highest BCUT2D eigenvalue weighted by atomic mass is 127. The van der Waals surface area contributed by atoms with Crippen LogP contribution in [0, 0.1) is 0 Å². The van der Waals surface area contributed by atoms with Gasteiger partial charge in [-0.3, -0.25) is 4.79 Å². The molecule has 0 spiro atoms. The largest absolute Gasteiger partial charge is 0.490 e. The Morgan fingerprint density at radius 3 is 2.31 bits per heavy atom. The lowest BCUT2D eigenvalue weighted by atomic mass is 10.1. The number of halogens is 1. The summed E-state index contributed by atoms with van der Waals surface area (Å²) in [7, 11) is 3.46. The molecule has 1 atom stereocenters. The Kier molecular flexibility index (Phi) is 12.5. The molecule has 0 aromatic heterocycles. The topological polar surface area (TPSA) is 75.2 Å². The Labute approximate surface area is 208 Å². The van der Waals surface area contributed by atoms with Crippen molar-refractivity contribution in [1.82, 2.24) is 15.5 Å². The number of ether oxygens (including phenoxy) is 2. The third-order valence-electron chi connectivity index (χ3n) is 4.59. The molecule has 2 rings (SSSR count). The molecule has 0 fully saturated rings. The number of carbonyl (C=O) groups is 1. The third kappa shape index (κ3) is 8.94. The fourth-order valence-electron chi connectivity index (χ4n) is 2.85. The fourth-order valence-corrected chi connectivity index (χ4v) is 2.85. The van der Waals surface area contributed by atoms with E-state index >= 15 is 0 Å². The van der Waals surface area contributed by atoms with Crippen LogP contribution in [0.3, 0.4) is 0 Å². The fraction of sp³-hybridized carbons (Fsp3) is 0.417. The predicted octanol–water partition coefficient (Wildman–Crippen LogP) is 3.99. The zero-order chi connectivity index (χ0) is 22.6. The van der Waals surface area contributed by atoms with Crippen LogP contribution in [0.25, 0.3) is 0 Å². The normalized spacial score (nSPS) is 11.7. The predicted molar refractivity (Wildman–Crippen MR) is 140 cm³/mol. The zero-order valence-electron chi connectivity index (χ0n) is 19.6. The molecular formula is C24H35IN4O3. The molecule has 2 N–H and O–H groups in total. The van der Waals surface area contributed by atoms with Crippen LogP contribution in [-0.2, 0) is 11.3 Å². The number of carbonyl (C=O) groups excluding carboxylic acids is 1. The van der Waals surface area contributed by atoms with E-state index in [1.54, 1.807) is 19.0 Å². The molecule has 0 bridgehead atoms. The van der Waals surface area contributed by atoms with E-state index in [0.717, 1.165) is 16.9 Å². The average molecular weight is 554 g/mol. The molecule has 32 heavy (non-hydrogen) atoms. The molecule has 1 amide bonds. The second-order valence-electron chi connectivity index (χ2n) is 7.23. The second-order valence-corrected chi connectivity index (χ2v) is 7.23. The number of guanidine groups is 1. The zero-order valence-corrected chi connectivity index (χ0v) is 21.9. The van der Waals surface area contributed by atoms with Gasteiger partial charge in [0.2, 0.25) is 5.91 Å². The van der Waals surface area contributed by atoms with Gasteiger partial charge in [0.15, 0.2) is 17.5 Å². The summed E-state index contributed by atoms with van der Waals surface area (Å²) in [5.41, 5.74) is 2.12. The Morgan fingerprint density at radius 1 is 1.03 bits per heavy atom. The number of benzene rings is 2. The summed E-state index contributed by atoms with van der Waals surface area (Å²) in [6, 6.07) is 15.8. The molecular weight excluding hydrogens is 519 g/mol. The Morgan fingerprint density at radius 2 is 1.69 bits per heavy atom. The molecule has 0 aliphatic carbocycles. The van der Waals surface area contributed by atoms with Gasteiger partial charge >= 0.3 is 0 Å². The van der Waals surface area contributed by atoms with Crippen LogP contribution in [0.1, 0.15) is 37.9 Å². The van der Waals surface area contributed by atoms with Gasteiger partial charge in [0.25, 0.3) is 0 Å². The minimum absolute atomic E-state index is 0. The smallest absolute Gasteiger partial charge is 0.241 e. The van der Waals surface area contributed by atoms with Crippen molar-refractivity contribution in [3.05, 3.63) is 59.7 Å². The number of amides is 1. The van der Waals surface area contributed by atoms with Gasteiger partial charge in [-0.25, -0.2) is 4.99 Å². The first-order chi connectivity index (χ1) is 14.9. The van der Waals surface area contributed by atoms with E-state index in [1.165, 1.54) is 0 Å². The van der Waals surface area contributed by atoms with Crippen LogP contribution < -0.4 is 20.1 Å². The second kappa shape index (κ2) is 14.5. The standard InChI is InChI=1S/C24H34N4O3.HI/c1-6-30-21-14-13-20(15-22(21)31-7-2)18(3)27-24(26-17-23(29)28(4)5)25-16-19-11-9-8-10-12-19;/h8-15,18H,6-7,16-17H2,1-5H3,(H2,25,26,27);1H. The molecule has 1 unspecified atom stereocenters. The first kappa shape index (κ1) is 27.5. The lowest BCUT2D eigenvalue weighted by Crippen LogP contribution is -2.43. The van der Waals surface area contributed by atoms with Crippen molar-refractivity contribution in [3.63, 3.8) is 0 Å². The number of nitrogens with zero attached hydrogens (tertiary/aromatic N) is 2. The van der Waals surface area contributed by atoms with Gasteiger partial charge in [0.05, 0.1) is 32.3 Å². The van der Waals surface area contributed by atoms with E-state index < -0.39 is 0 Å². The third-order valence-corrected chi connectivity index (χ3v) is 4.59. The molecule has 0 saturated heterocycles. The van der Waals surface area contributed by atoms with Crippen LogP contribution in [0.5, 0.6) is 11.5 Å². The van der Waals surface area contributed by atoms with E-state index in [0.29, 0.717) is 31.5 Å². The number of hydrogen-bond donors (Lipinski definition) is 2. The molecule has 176 valence electrons. The molecule has 2 aromatic carbocycles. The van der Waals surface area contributed by atoms with E-state index in [2.05, 4.69) is 15.6 Å². The highest BCUT2D eigenvalue weighted by Crippen LogP contribution is 2.30. The highest BCUT2D eigenvalue weighted by Gasteiger charge is 2.14. The number of hydrogen-bond acceptors (Lipinski definition) is 4. The number of aliphatic imine (C=N–C) groups is 1. The average Bonchev–Trinajstić information content (AvgIpc) is 2.77. The minimum Gasteiger partial charge on any atom is -0.490 e. The molecule has 0 saturated carbocycles. The summed E-state index contributed by atoms with van der Waals surface area (Å²) >= 11 is 0. The molecule has 0 aliphatic heterocycles. The summed E-state index contributed by atoms with van der Waals surface area (Å²) < 4.78 is 11.4. The van der Waals surface area contributed by atoms with Crippen molar-refractivity contribution in [1.29, 1.82) is 0 Å². The van der Waals surface area contributed by atoms with E-state index in [4.69, 9.17) is 9.47 Å². The monoisotopic (exact) mass is 554 g/mol. The first-order valence-corrected chi connectivity index (χ1v) is 10.6. The van der Waals surface area contributed by atoms with Gasteiger partial charge < -0.3 is 25.0 Å². The van der Waals surface area contributed by atoms with Gasteiger partial charge in [0, 0.05) is 14.1 Å². The molecule has 8 heteroatoms. The molecule has 0 radical (unpaired) electrons.